The van der Waals surface area contributed by atoms with Gasteiger partial charge in [0.25, 0.3) is 5.91 Å². The minimum Gasteiger partial charge on any atom is -0.481 e. The van der Waals surface area contributed by atoms with Gasteiger partial charge >= 0.3 is 0 Å². The average Bonchev–Trinajstić information content (AvgIpc) is 3.08. The first-order valence-electron chi connectivity index (χ1n) is 10.6. The van der Waals surface area contributed by atoms with E-state index in [9.17, 15) is 13.2 Å². The molecule has 1 fully saturated rings. The van der Waals surface area contributed by atoms with E-state index >= 15 is 0 Å². The Balaban J connectivity index is 1.82. The molecule has 0 bridgehead atoms. The van der Waals surface area contributed by atoms with Crippen LogP contribution in [0.4, 0.5) is 5.69 Å². The number of carbonyl (C=O) groups excluding carboxylic acids is 1. The molecule has 1 aliphatic rings. The van der Waals surface area contributed by atoms with Crippen molar-refractivity contribution in [1.82, 2.24) is 4.90 Å². The van der Waals surface area contributed by atoms with Crippen LogP contribution in [0.3, 0.4) is 0 Å². The molecule has 1 amide bonds. The second-order valence-corrected chi connectivity index (χ2v) is 10.8. The van der Waals surface area contributed by atoms with Crippen LogP contribution >= 0.6 is 0 Å². The van der Waals surface area contributed by atoms with Crippen LogP contribution in [-0.2, 0) is 21.2 Å². The van der Waals surface area contributed by atoms with E-state index in [4.69, 9.17) is 4.74 Å². The van der Waals surface area contributed by atoms with E-state index < -0.39 is 15.9 Å². The van der Waals surface area contributed by atoms with E-state index in [0.717, 1.165) is 22.4 Å². The number of anilines is 1. The maximum atomic E-state index is 13.4. The summed E-state index contributed by atoms with van der Waals surface area (Å²) >= 11 is 0. The number of nitrogens with zero attached hydrogens (tertiary/aromatic N) is 2. The van der Waals surface area contributed by atoms with Gasteiger partial charge in [-0.2, -0.15) is 0 Å². The van der Waals surface area contributed by atoms with Crippen LogP contribution in [-0.4, -0.2) is 57.0 Å². The summed E-state index contributed by atoms with van der Waals surface area (Å²) in [7, 11) is 0.823. The molecule has 2 unspecified atom stereocenters. The molecule has 1 heterocycles. The van der Waals surface area contributed by atoms with Crippen molar-refractivity contribution < 1.29 is 17.9 Å². The Morgan fingerprint density at radius 3 is 2.39 bits per heavy atom. The topological polar surface area (TPSA) is 66.9 Å². The molecule has 6 nitrogen and oxygen atoms in total. The predicted molar refractivity (Wildman–Crippen MR) is 124 cm³/mol. The molecule has 31 heavy (non-hydrogen) atoms. The standard InChI is InChI=1S/C24H32N2O4S/c1-17-7-6-8-23(18(17)2)30-19(3)24(27)26(22-13-14-31(28,29)16-22)15-20-9-11-21(12-10-20)25(4)5/h6-12,19,22H,13-16H2,1-5H3. The van der Waals surface area contributed by atoms with Crippen molar-refractivity contribution in [3.63, 3.8) is 0 Å². The molecular formula is C24H32N2O4S. The molecule has 168 valence electrons. The number of aryl methyl sites for hydroxylation is 1. The van der Waals surface area contributed by atoms with E-state index in [-0.39, 0.29) is 23.5 Å². The van der Waals surface area contributed by atoms with Crippen molar-refractivity contribution in [3.05, 3.63) is 59.2 Å². The Kier molecular flexibility index (Phi) is 6.94. The first-order valence-corrected chi connectivity index (χ1v) is 12.4. The zero-order valence-corrected chi connectivity index (χ0v) is 19.8. The largest absolute Gasteiger partial charge is 0.481 e. The summed E-state index contributed by atoms with van der Waals surface area (Å²) < 4.78 is 30.2. The lowest BCUT2D eigenvalue weighted by atomic mass is 10.1. The molecule has 2 aromatic rings. The van der Waals surface area contributed by atoms with Gasteiger partial charge in [-0.1, -0.05) is 24.3 Å². The lowest BCUT2D eigenvalue weighted by Gasteiger charge is -2.31. The van der Waals surface area contributed by atoms with Gasteiger partial charge in [0.05, 0.1) is 11.5 Å². The molecule has 0 aromatic heterocycles. The summed E-state index contributed by atoms with van der Waals surface area (Å²) in [4.78, 5) is 17.1. The van der Waals surface area contributed by atoms with Gasteiger partial charge in [-0.15, -0.1) is 0 Å². The Morgan fingerprint density at radius 2 is 1.81 bits per heavy atom. The molecule has 1 saturated heterocycles. The minimum absolute atomic E-state index is 0.00468. The smallest absolute Gasteiger partial charge is 0.263 e. The lowest BCUT2D eigenvalue weighted by molar-refractivity contribution is -0.140. The molecule has 0 aliphatic carbocycles. The van der Waals surface area contributed by atoms with Crippen molar-refractivity contribution >= 4 is 21.4 Å². The second-order valence-electron chi connectivity index (χ2n) is 8.54. The Hall–Kier alpha value is -2.54. The summed E-state index contributed by atoms with van der Waals surface area (Å²) in [6.07, 6.45) is -0.259. The maximum Gasteiger partial charge on any atom is 0.263 e. The number of ether oxygens (including phenoxy) is 1. The zero-order chi connectivity index (χ0) is 22.8. The van der Waals surface area contributed by atoms with Crippen LogP contribution in [0, 0.1) is 13.8 Å². The van der Waals surface area contributed by atoms with E-state index in [2.05, 4.69) is 0 Å². The van der Waals surface area contributed by atoms with E-state index in [1.54, 1.807) is 11.8 Å². The molecule has 1 aliphatic heterocycles. The summed E-state index contributed by atoms with van der Waals surface area (Å²) in [5, 5.41) is 0. The third-order valence-electron chi connectivity index (χ3n) is 5.94. The van der Waals surface area contributed by atoms with Crippen LogP contribution in [0.25, 0.3) is 0 Å². The van der Waals surface area contributed by atoms with Gasteiger partial charge in [-0.05, 0) is 62.1 Å². The van der Waals surface area contributed by atoms with Crippen LogP contribution in [0.15, 0.2) is 42.5 Å². The fraction of sp³-hybridized carbons (Fsp3) is 0.458. The summed E-state index contributed by atoms with van der Waals surface area (Å²) in [6.45, 7) is 6.06. The number of sulfone groups is 1. The van der Waals surface area contributed by atoms with Crippen molar-refractivity contribution in [3.8, 4) is 5.75 Å². The highest BCUT2D eigenvalue weighted by molar-refractivity contribution is 7.91. The highest BCUT2D eigenvalue weighted by Crippen LogP contribution is 2.25. The number of rotatable bonds is 7. The Labute approximate surface area is 185 Å². The predicted octanol–water partition coefficient (Wildman–Crippen LogP) is 3.35. The number of carbonyl (C=O) groups is 1. The molecule has 2 atom stereocenters. The zero-order valence-electron chi connectivity index (χ0n) is 19.0. The third-order valence-corrected chi connectivity index (χ3v) is 7.69. The number of hydrogen-bond donors (Lipinski definition) is 0. The van der Waals surface area contributed by atoms with Gasteiger partial charge in [0, 0.05) is 32.4 Å². The molecule has 0 radical (unpaired) electrons. The van der Waals surface area contributed by atoms with E-state index in [0.29, 0.717) is 18.7 Å². The monoisotopic (exact) mass is 444 g/mol. The fourth-order valence-corrected chi connectivity index (χ4v) is 5.56. The molecule has 0 saturated carbocycles. The van der Waals surface area contributed by atoms with Crippen molar-refractivity contribution in [1.29, 1.82) is 0 Å². The van der Waals surface area contributed by atoms with E-state index in [1.807, 2.05) is 75.3 Å². The fourth-order valence-electron chi connectivity index (χ4n) is 3.83. The molecule has 0 spiro atoms. The molecular weight excluding hydrogens is 412 g/mol. The van der Waals surface area contributed by atoms with Gasteiger partial charge in [-0.3, -0.25) is 4.79 Å². The number of amides is 1. The van der Waals surface area contributed by atoms with Crippen LogP contribution in [0.2, 0.25) is 0 Å². The van der Waals surface area contributed by atoms with Gasteiger partial charge in [-0.25, -0.2) is 8.42 Å². The normalized spacial score (nSPS) is 18.4. The summed E-state index contributed by atoms with van der Waals surface area (Å²) in [6, 6.07) is 13.4. The lowest BCUT2D eigenvalue weighted by Crippen LogP contribution is -2.46. The Bertz CT molecular complexity index is 1030. The summed E-state index contributed by atoms with van der Waals surface area (Å²) in [5.41, 5.74) is 4.12. The molecule has 0 N–H and O–H groups in total. The van der Waals surface area contributed by atoms with Crippen LogP contribution < -0.4 is 9.64 Å². The quantitative estimate of drug-likeness (QED) is 0.655. The van der Waals surface area contributed by atoms with Gasteiger partial charge in [0.1, 0.15) is 5.75 Å². The highest BCUT2D eigenvalue weighted by Gasteiger charge is 2.36. The van der Waals surface area contributed by atoms with Crippen molar-refractivity contribution in [2.45, 2.75) is 45.9 Å². The van der Waals surface area contributed by atoms with Crippen molar-refractivity contribution in [2.75, 3.05) is 30.5 Å². The first-order chi connectivity index (χ1) is 14.6. The van der Waals surface area contributed by atoms with Crippen molar-refractivity contribution in [2.24, 2.45) is 0 Å². The first kappa shape index (κ1) is 23.1. The van der Waals surface area contributed by atoms with E-state index in [1.165, 1.54) is 0 Å². The number of benzene rings is 2. The molecule has 7 heteroatoms. The average molecular weight is 445 g/mol. The summed E-state index contributed by atoms with van der Waals surface area (Å²) in [5.74, 6) is 0.604. The molecule has 2 aromatic carbocycles. The maximum absolute atomic E-state index is 13.4. The highest BCUT2D eigenvalue weighted by atomic mass is 32.2. The van der Waals surface area contributed by atoms with Gasteiger partial charge < -0.3 is 14.5 Å². The second kappa shape index (κ2) is 9.30. The van der Waals surface area contributed by atoms with Gasteiger partial charge in [0.15, 0.2) is 15.9 Å². The molecule has 3 rings (SSSR count). The Morgan fingerprint density at radius 1 is 1.13 bits per heavy atom. The van der Waals surface area contributed by atoms with Crippen LogP contribution in [0.1, 0.15) is 30.0 Å². The number of hydrogen-bond acceptors (Lipinski definition) is 5. The third kappa shape index (κ3) is 5.58. The minimum atomic E-state index is -3.12. The van der Waals surface area contributed by atoms with Gasteiger partial charge in [0.2, 0.25) is 0 Å². The van der Waals surface area contributed by atoms with Crippen LogP contribution in [0.5, 0.6) is 5.75 Å². The SMILES string of the molecule is Cc1cccc(OC(C)C(=O)N(Cc2ccc(N(C)C)cc2)C2CCS(=O)(=O)C2)c1C.